The zero-order valence-electron chi connectivity index (χ0n) is 6.43. The fourth-order valence-corrected chi connectivity index (χ4v) is 1.09. The van der Waals surface area contributed by atoms with Crippen LogP contribution in [0.1, 0.15) is 27.7 Å². The molecule has 1 aliphatic heterocycles. The molecule has 0 aromatic carbocycles. The van der Waals surface area contributed by atoms with Crippen molar-refractivity contribution in [1.82, 2.24) is 0 Å². The van der Waals surface area contributed by atoms with Gasteiger partial charge in [0.25, 0.3) is 0 Å². The fraction of sp³-hybridized carbons (Fsp3) is 1.00. The predicted octanol–water partition coefficient (Wildman–Crippen LogP) is 0.935. The lowest BCUT2D eigenvalue weighted by Crippen LogP contribution is -2.29. The van der Waals surface area contributed by atoms with Gasteiger partial charge < -0.3 is 9.84 Å². The highest BCUT2D eigenvalue weighted by Gasteiger charge is 2.62. The van der Waals surface area contributed by atoms with Crippen LogP contribution in [0.3, 0.4) is 0 Å². The maximum absolute atomic E-state index is 9.16. The first-order valence-electron chi connectivity index (χ1n) is 3.28. The van der Waals surface area contributed by atoms with E-state index >= 15 is 0 Å². The molecule has 0 saturated carbocycles. The SMILES string of the molecule is C[C@@H](O)[C@@]1(C)OC1(C)C. The molecule has 1 rings (SSSR count). The van der Waals surface area contributed by atoms with Crippen LogP contribution in [-0.2, 0) is 4.74 Å². The first-order chi connectivity index (χ1) is 3.90. The lowest BCUT2D eigenvalue weighted by atomic mass is 9.93. The highest BCUT2D eigenvalue weighted by atomic mass is 16.6. The quantitative estimate of drug-likeness (QED) is 0.536. The van der Waals surface area contributed by atoms with Crippen LogP contribution < -0.4 is 0 Å². The third kappa shape index (κ3) is 0.775. The van der Waals surface area contributed by atoms with Crippen LogP contribution >= 0.6 is 0 Å². The Hall–Kier alpha value is -0.0800. The molecule has 0 aromatic heterocycles. The number of ether oxygens (including phenoxy) is 1. The average molecular weight is 130 g/mol. The average Bonchev–Trinajstić information content (AvgIpc) is 2.08. The largest absolute Gasteiger partial charge is 0.390 e. The fourth-order valence-electron chi connectivity index (χ4n) is 1.09. The number of epoxide rings is 1. The van der Waals surface area contributed by atoms with E-state index < -0.39 is 0 Å². The molecule has 54 valence electrons. The molecule has 1 N–H and O–H groups in total. The Morgan fingerprint density at radius 3 is 1.67 bits per heavy atom. The van der Waals surface area contributed by atoms with E-state index in [0.717, 1.165) is 0 Å². The molecule has 1 saturated heterocycles. The molecular formula is C7H14O2. The molecule has 1 fully saturated rings. The van der Waals surface area contributed by atoms with Gasteiger partial charge in [-0.15, -0.1) is 0 Å². The molecule has 1 aliphatic rings. The van der Waals surface area contributed by atoms with Crippen LogP contribution in [0, 0.1) is 0 Å². The molecule has 1 heterocycles. The van der Waals surface area contributed by atoms with E-state index in [0.29, 0.717) is 0 Å². The molecule has 0 aliphatic carbocycles. The van der Waals surface area contributed by atoms with Crippen molar-refractivity contribution in [2.45, 2.75) is 45.0 Å². The molecule has 9 heavy (non-hydrogen) atoms. The first kappa shape index (κ1) is 7.03. The number of hydrogen-bond donors (Lipinski definition) is 1. The van der Waals surface area contributed by atoms with Gasteiger partial charge >= 0.3 is 0 Å². The third-order valence-corrected chi connectivity index (χ3v) is 2.42. The topological polar surface area (TPSA) is 32.8 Å². The summed E-state index contributed by atoms with van der Waals surface area (Å²) in [4.78, 5) is 0. The number of rotatable bonds is 1. The molecule has 0 unspecified atom stereocenters. The van der Waals surface area contributed by atoms with Gasteiger partial charge in [0.05, 0.1) is 11.7 Å². The van der Waals surface area contributed by atoms with Crippen molar-refractivity contribution in [1.29, 1.82) is 0 Å². The summed E-state index contributed by atoms with van der Waals surface area (Å²) in [5, 5.41) is 9.16. The van der Waals surface area contributed by atoms with Crippen molar-refractivity contribution >= 4 is 0 Å². The lowest BCUT2D eigenvalue weighted by molar-refractivity contribution is 0.100. The highest BCUT2D eigenvalue weighted by Crippen LogP contribution is 2.49. The van der Waals surface area contributed by atoms with Gasteiger partial charge in [-0.05, 0) is 27.7 Å². The van der Waals surface area contributed by atoms with Gasteiger partial charge in [-0.1, -0.05) is 0 Å². The third-order valence-electron chi connectivity index (χ3n) is 2.42. The minimum Gasteiger partial charge on any atom is -0.390 e. The molecule has 0 radical (unpaired) electrons. The standard InChI is InChI=1S/C7H14O2/c1-5(8)7(4)6(2,3)9-7/h5,8H,1-4H3/t5-,7-/m1/s1. The number of aliphatic hydroxyl groups is 1. The van der Waals surface area contributed by atoms with E-state index in [2.05, 4.69) is 0 Å². The molecule has 2 atom stereocenters. The maximum atomic E-state index is 9.16. The van der Waals surface area contributed by atoms with Crippen molar-refractivity contribution in [3.05, 3.63) is 0 Å². The lowest BCUT2D eigenvalue weighted by Gasteiger charge is -2.10. The Morgan fingerprint density at radius 2 is 1.67 bits per heavy atom. The van der Waals surface area contributed by atoms with Crippen molar-refractivity contribution in [2.24, 2.45) is 0 Å². The molecular weight excluding hydrogens is 116 g/mol. The second kappa shape index (κ2) is 1.50. The van der Waals surface area contributed by atoms with Gasteiger partial charge in [0, 0.05) is 0 Å². The smallest absolute Gasteiger partial charge is 0.120 e. The summed E-state index contributed by atoms with van der Waals surface area (Å²) < 4.78 is 5.30. The monoisotopic (exact) mass is 130 g/mol. The van der Waals surface area contributed by atoms with Crippen molar-refractivity contribution < 1.29 is 9.84 Å². The van der Waals surface area contributed by atoms with Gasteiger partial charge in [-0.3, -0.25) is 0 Å². The minimum absolute atomic E-state index is 0.124. The summed E-state index contributed by atoms with van der Waals surface area (Å²) >= 11 is 0. The van der Waals surface area contributed by atoms with Gasteiger partial charge in [-0.2, -0.15) is 0 Å². The highest BCUT2D eigenvalue weighted by molar-refractivity contribution is 5.10. The van der Waals surface area contributed by atoms with Crippen molar-refractivity contribution in [3.63, 3.8) is 0 Å². The zero-order valence-corrected chi connectivity index (χ0v) is 6.43. The second-order valence-electron chi connectivity index (χ2n) is 3.40. The Morgan fingerprint density at radius 1 is 1.33 bits per heavy atom. The van der Waals surface area contributed by atoms with E-state index in [1.807, 2.05) is 20.8 Å². The summed E-state index contributed by atoms with van der Waals surface area (Å²) in [6.45, 7) is 7.66. The molecule has 0 spiro atoms. The normalized spacial score (nSPS) is 42.3. The minimum atomic E-state index is -0.368. The van der Waals surface area contributed by atoms with Crippen LogP contribution in [0.2, 0.25) is 0 Å². The van der Waals surface area contributed by atoms with Gasteiger partial charge in [0.1, 0.15) is 5.60 Å². The second-order valence-corrected chi connectivity index (χ2v) is 3.40. The van der Waals surface area contributed by atoms with Crippen LogP contribution in [0.15, 0.2) is 0 Å². The van der Waals surface area contributed by atoms with Gasteiger partial charge in [0.2, 0.25) is 0 Å². The Bertz CT molecular complexity index is 129. The number of aliphatic hydroxyl groups excluding tert-OH is 1. The molecule has 0 amide bonds. The maximum Gasteiger partial charge on any atom is 0.120 e. The number of hydrogen-bond acceptors (Lipinski definition) is 2. The van der Waals surface area contributed by atoms with Gasteiger partial charge in [-0.25, -0.2) is 0 Å². The van der Waals surface area contributed by atoms with Crippen LogP contribution in [0.4, 0.5) is 0 Å². The van der Waals surface area contributed by atoms with E-state index in [1.165, 1.54) is 0 Å². The van der Waals surface area contributed by atoms with Crippen molar-refractivity contribution in [2.75, 3.05) is 0 Å². The van der Waals surface area contributed by atoms with Crippen LogP contribution in [0.25, 0.3) is 0 Å². The summed E-state index contributed by atoms with van der Waals surface area (Å²) in [6.07, 6.45) is -0.368. The van der Waals surface area contributed by atoms with E-state index in [-0.39, 0.29) is 17.3 Å². The van der Waals surface area contributed by atoms with E-state index in [4.69, 9.17) is 9.84 Å². The Kier molecular flexibility index (Phi) is 1.17. The first-order valence-corrected chi connectivity index (χ1v) is 3.28. The molecule has 0 aromatic rings. The Labute approximate surface area is 55.8 Å². The van der Waals surface area contributed by atoms with Gasteiger partial charge in [0.15, 0.2) is 0 Å². The van der Waals surface area contributed by atoms with E-state index in [1.54, 1.807) is 6.92 Å². The van der Waals surface area contributed by atoms with E-state index in [9.17, 15) is 0 Å². The van der Waals surface area contributed by atoms with Crippen molar-refractivity contribution in [3.8, 4) is 0 Å². The summed E-state index contributed by atoms with van der Waals surface area (Å²) in [5.41, 5.74) is -0.422. The zero-order chi connectivity index (χ0) is 7.28. The summed E-state index contributed by atoms with van der Waals surface area (Å²) in [6, 6.07) is 0. The van der Waals surface area contributed by atoms with Crippen LogP contribution in [-0.4, -0.2) is 22.4 Å². The summed E-state index contributed by atoms with van der Waals surface area (Å²) in [7, 11) is 0. The Balaban J connectivity index is 2.63. The molecule has 0 bridgehead atoms. The predicted molar refractivity (Wildman–Crippen MR) is 35.2 cm³/mol. The summed E-state index contributed by atoms with van der Waals surface area (Å²) in [5.74, 6) is 0. The molecule has 2 heteroatoms. The van der Waals surface area contributed by atoms with Crippen LogP contribution in [0.5, 0.6) is 0 Å². The molecule has 2 nitrogen and oxygen atoms in total.